The van der Waals surface area contributed by atoms with E-state index in [0.29, 0.717) is 9.72 Å². The number of hydrogen-bond donors (Lipinski definition) is 0. The van der Waals surface area contributed by atoms with Gasteiger partial charge in [-0.25, -0.2) is 9.59 Å². The largest absolute Gasteiger partial charge is 0.465 e. The molecule has 3 aromatic rings. The van der Waals surface area contributed by atoms with E-state index in [0.717, 1.165) is 16.5 Å². The molecule has 0 atom stereocenters. The fraction of sp³-hybridized carbons (Fsp3) is 0.111. The fourth-order valence-electron chi connectivity index (χ4n) is 2.58. The van der Waals surface area contributed by atoms with E-state index in [1.165, 1.54) is 25.6 Å². The van der Waals surface area contributed by atoms with Crippen LogP contribution in [0.2, 0.25) is 5.02 Å². The molecule has 122 valence electrons. The number of fused-ring (bicyclic) bond motifs is 1. The number of carbonyl (C=O) groups is 2. The number of hydrogen-bond acceptors (Lipinski definition) is 5. The Morgan fingerprint density at radius 3 is 2.29 bits per heavy atom. The van der Waals surface area contributed by atoms with Crippen LogP contribution in [0, 0.1) is 0 Å². The van der Waals surface area contributed by atoms with Gasteiger partial charge in [0.2, 0.25) is 0 Å². The highest BCUT2D eigenvalue weighted by molar-refractivity contribution is 7.17. The Hall–Kier alpha value is -2.37. The third kappa shape index (κ3) is 2.77. The maximum Gasteiger partial charge on any atom is 0.340 e. The van der Waals surface area contributed by atoms with Crippen molar-refractivity contribution < 1.29 is 19.1 Å². The van der Waals surface area contributed by atoms with Gasteiger partial charge in [-0.1, -0.05) is 23.7 Å². The van der Waals surface area contributed by atoms with E-state index >= 15 is 0 Å². The van der Waals surface area contributed by atoms with Gasteiger partial charge in [-0.3, -0.25) is 0 Å². The third-order valence-electron chi connectivity index (χ3n) is 3.69. The maximum absolute atomic E-state index is 12.2. The van der Waals surface area contributed by atoms with Gasteiger partial charge in [0.1, 0.15) is 0 Å². The normalized spacial score (nSPS) is 10.6. The summed E-state index contributed by atoms with van der Waals surface area (Å²) in [6.45, 7) is 0. The number of methoxy groups -OCH3 is 2. The van der Waals surface area contributed by atoms with Gasteiger partial charge in [-0.15, -0.1) is 11.3 Å². The van der Waals surface area contributed by atoms with E-state index < -0.39 is 11.9 Å². The Morgan fingerprint density at radius 2 is 1.67 bits per heavy atom. The predicted molar refractivity (Wildman–Crippen MR) is 95.0 cm³/mol. The van der Waals surface area contributed by atoms with Gasteiger partial charge in [0.05, 0.1) is 30.0 Å². The van der Waals surface area contributed by atoms with Crippen LogP contribution < -0.4 is 0 Å². The van der Waals surface area contributed by atoms with Gasteiger partial charge < -0.3 is 9.47 Å². The number of carbonyl (C=O) groups excluding carboxylic acids is 2. The first-order valence-electron chi connectivity index (χ1n) is 7.03. The lowest BCUT2D eigenvalue weighted by atomic mass is 9.95. The second-order valence-corrected chi connectivity index (χ2v) is 6.35. The summed E-state index contributed by atoms with van der Waals surface area (Å²) in [5.41, 5.74) is 2.14. The average Bonchev–Trinajstić information content (AvgIpc) is 3.09. The van der Waals surface area contributed by atoms with Gasteiger partial charge in [-0.05, 0) is 40.8 Å². The van der Waals surface area contributed by atoms with Crippen molar-refractivity contribution in [1.29, 1.82) is 0 Å². The topological polar surface area (TPSA) is 52.6 Å². The summed E-state index contributed by atoms with van der Waals surface area (Å²) >= 11 is 7.33. The standard InChI is InChI=1S/C18H13ClO4S/c1-22-17(20)14-9-13(10-3-5-11(19)6-4-10)12-7-8-24-16(12)15(14)18(21)23-2/h3-9H,1-2H3. The minimum atomic E-state index is -0.582. The zero-order valence-corrected chi connectivity index (χ0v) is 14.5. The second-order valence-electron chi connectivity index (χ2n) is 5.00. The molecule has 0 fully saturated rings. The summed E-state index contributed by atoms with van der Waals surface area (Å²) in [5.74, 6) is -1.15. The summed E-state index contributed by atoms with van der Waals surface area (Å²) in [5, 5.41) is 3.37. The minimum Gasteiger partial charge on any atom is -0.465 e. The first kappa shape index (κ1) is 16.5. The van der Waals surface area contributed by atoms with Crippen LogP contribution in [0.4, 0.5) is 0 Å². The zero-order valence-electron chi connectivity index (χ0n) is 13.0. The summed E-state index contributed by atoms with van der Waals surface area (Å²) in [6.07, 6.45) is 0. The van der Waals surface area contributed by atoms with Crippen molar-refractivity contribution in [3.05, 3.63) is 57.9 Å². The van der Waals surface area contributed by atoms with Crippen molar-refractivity contribution >= 4 is 45.0 Å². The van der Waals surface area contributed by atoms with Crippen LogP contribution in [0.25, 0.3) is 21.2 Å². The molecule has 0 aliphatic rings. The lowest BCUT2D eigenvalue weighted by Crippen LogP contribution is -2.12. The molecule has 0 spiro atoms. The van der Waals surface area contributed by atoms with Crippen molar-refractivity contribution in [3.63, 3.8) is 0 Å². The average molecular weight is 361 g/mol. The molecule has 0 amide bonds. The summed E-state index contributed by atoms with van der Waals surface area (Å²) in [6, 6.07) is 10.9. The highest BCUT2D eigenvalue weighted by atomic mass is 35.5. The quantitative estimate of drug-likeness (QED) is 0.630. The molecule has 6 heteroatoms. The second kappa shape index (κ2) is 6.63. The molecule has 0 unspecified atom stereocenters. The van der Waals surface area contributed by atoms with Crippen molar-refractivity contribution in [2.24, 2.45) is 0 Å². The summed E-state index contributed by atoms with van der Waals surface area (Å²) in [7, 11) is 2.57. The zero-order chi connectivity index (χ0) is 17.3. The molecule has 0 radical (unpaired) electrons. The van der Waals surface area contributed by atoms with E-state index in [1.54, 1.807) is 18.2 Å². The van der Waals surface area contributed by atoms with Gasteiger partial charge in [0, 0.05) is 10.4 Å². The van der Waals surface area contributed by atoms with Crippen LogP contribution in [-0.4, -0.2) is 26.2 Å². The maximum atomic E-state index is 12.2. The van der Waals surface area contributed by atoms with Gasteiger partial charge in [0.15, 0.2) is 0 Å². The van der Waals surface area contributed by atoms with Crippen molar-refractivity contribution in [3.8, 4) is 11.1 Å². The van der Waals surface area contributed by atoms with Crippen molar-refractivity contribution in [2.45, 2.75) is 0 Å². The molecule has 2 aromatic carbocycles. The Labute approximate surface area is 147 Å². The van der Waals surface area contributed by atoms with Crippen LogP contribution in [0.15, 0.2) is 41.8 Å². The highest BCUT2D eigenvalue weighted by Crippen LogP contribution is 2.37. The number of ether oxygens (including phenoxy) is 2. The molecule has 1 aromatic heterocycles. The van der Waals surface area contributed by atoms with Crippen LogP contribution in [0.5, 0.6) is 0 Å². The van der Waals surface area contributed by atoms with Crippen LogP contribution >= 0.6 is 22.9 Å². The molecule has 24 heavy (non-hydrogen) atoms. The predicted octanol–water partition coefficient (Wildman–Crippen LogP) is 4.79. The molecule has 1 heterocycles. The third-order valence-corrected chi connectivity index (χ3v) is 4.87. The van der Waals surface area contributed by atoms with Gasteiger partial charge in [0.25, 0.3) is 0 Å². The minimum absolute atomic E-state index is 0.184. The first-order valence-corrected chi connectivity index (χ1v) is 8.29. The molecule has 4 nitrogen and oxygen atoms in total. The summed E-state index contributed by atoms with van der Waals surface area (Å²) < 4.78 is 10.4. The summed E-state index contributed by atoms with van der Waals surface area (Å²) in [4.78, 5) is 24.4. The number of rotatable bonds is 3. The lowest BCUT2D eigenvalue weighted by Gasteiger charge is -2.12. The molecule has 0 saturated heterocycles. The smallest absolute Gasteiger partial charge is 0.340 e. The number of benzene rings is 2. The number of thiophene rings is 1. The van der Waals surface area contributed by atoms with E-state index in [4.69, 9.17) is 21.1 Å². The molecule has 0 N–H and O–H groups in total. The molecule has 0 saturated carbocycles. The monoisotopic (exact) mass is 360 g/mol. The van der Waals surface area contributed by atoms with E-state index in [2.05, 4.69) is 0 Å². The molecule has 0 bridgehead atoms. The Morgan fingerprint density at radius 1 is 1.00 bits per heavy atom. The molecule has 0 aliphatic heterocycles. The molecular formula is C18H13ClO4S. The van der Waals surface area contributed by atoms with E-state index in [1.807, 2.05) is 23.6 Å². The molecule has 3 rings (SSSR count). The van der Waals surface area contributed by atoms with E-state index in [-0.39, 0.29) is 11.1 Å². The first-order chi connectivity index (χ1) is 11.6. The molecule has 0 aliphatic carbocycles. The van der Waals surface area contributed by atoms with Crippen molar-refractivity contribution in [2.75, 3.05) is 14.2 Å². The van der Waals surface area contributed by atoms with Crippen LogP contribution in [0.1, 0.15) is 20.7 Å². The SMILES string of the molecule is COC(=O)c1cc(-c2ccc(Cl)cc2)c2ccsc2c1C(=O)OC. The van der Waals surface area contributed by atoms with Crippen LogP contribution in [0.3, 0.4) is 0 Å². The number of esters is 2. The Balaban J connectivity index is 2.36. The van der Waals surface area contributed by atoms with E-state index in [9.17, 15) is 9.59 Å². The van der Waals surface area contributed by atoms with Crippen molar-refractivity contribution in [1.82, 2.24) is 0 Å². The van der Waals surface area contributed by atoms with Crippen LogP contribution in [-0.2, 0) is 9.47 Å². The lowest BCUT2D eigenvalue weighted by molar-refractivity contribution is 0.0557. The Kier molecular flexibility index (Phi) is 4.55. The molecular weight excluding hydrogens is 348 g/mol. The highest BCUT2D eigenvalue weighted by Gasteiger charge is 2.24. The number of halogens is 1. The van der Waals surface area contributed by atoms with Gasteiger partial charge >= 0.3 is 11.9 Å². The Bertz CT molecular complexity index is 928. The fourth-order valence-corrected chi connectivity index (χ4v) is 3.66. The van der Waals surface area contributed by atoms with Gasteiger partial charge in [-0.2, -0.15) is 0 Å².